The summed E-state index contributed by atoms with van der Waals surface area (Å²) in [6.45, 7) is 0. The molecule has 0 aliphatic heterocycles. The zero-order chi connectivity index (χ0) is 9.97. The second-order valence-corrected chi connectivity index (χ2v) is 4.58. The zero-order valence-corrected chi connectivity index (χ0v) is 9.48. The first-order chi connectivity index (χ1) is 6.77. The van der Waals surface area contributed by atoms with Gasteiger partial charge in [0.05, 0.1) is 0 Å². The first kappa shape index (κ1) is 9.97. The van der Waals surface area contributed by atoms with Crippen LogP contribution >= 0.6 is 34.5 Å². The maximum absolute atomic E-state index is 6.23. The van der Waals surface area contributed by atoms with E-state index >= 15 is 0 Å². The van der Waals surface area contributed by atoms with Crippen LogP contribution in [0.5, 0.6) is 0 Å². The fourth-order valence-electron chi connectivity index (χ4n) is 1.13. The Labute approximate surface area is 96.3 Å². The third-order valence-electron chi connectivity index (χ3n) is 1.83. The van der Waals surface area contributed by atoms with E-state index < -0.39 is 0 Å². The maximum atomic E-state index is 6.23. The SMILES string of the molecule is Clc1ccc(C(Cl)c2nccs2)cc1. The molecule has 1 aromatic carbocycles. The number of rotatable bonds is 2. The van der Waals surface area contributed by atoms with Crippen molar-refractivity contribution < 1.29 is 0 Å². The van der Waals surface area contributed by atoms with Crippen LogP contribution in [0.15, 0.2) is 35.8 Å². The second kappa shape index (κ2) is 4.30. The van der Waals surface area contributed by atoms with Crippen molar-refractivity contribution in [3.05, 3.63) is 51.4 Å². The Morgan fingerprint density at radius 1 is 1.21 bits per heavy atom. The molecule has 0 fully saturated rings. The topological polar surface area (TPSA) is 12.9 Å². The monoisotopic (exact) mass is 243 g/mol. The highest BCUT2D eigenvalue weighted by molar-refractivity contribution is 7.09. The molecule has 1 atom stereocenters. The zero-order valence-electron chi connectivity index (χ0n) is 7.15. The summed E-state index contributed by atoms with van der Waals surface area (Å²) in [5.74, 6) is 0. The molecule has 0 aliphatic carbocycles. The van der Waals surface area contributed by atoms with Gasteiger partial charge in [-0.2, -0.15) is 0 Å². The summed E-state index contributed by atoms with van der Waals surface area (Å²) in [4.78, 5) is 4.17. The number of hydrogen-bond acceptors (Lipinski definition) is 2. The van der Waals surface area contributed by atoms with Crippen molar-refractivity contribution in [1.82, 2.24) is 4.98 Å². The first-order valence-electron chi connectivity index (χ1n) is 4.06. The minimum absolute atomic E-state index is 0.174. The Balaban J connectivity index is 2.28. The van der Waals surface area contributed by atoms with Crippen molar-refractivity contribution in [3.63, 3.8) is 0 Å². The third kappa shape index (κ3) is 2.08. The second-order valence-electron chi connectivity index (χ2n) is 2.78. The van der Waals surface area contributed by atoms with Gasteiger partial charge >= 0.3 is 0 Å². The van der Waals surface area contributed by atoms with Crippen molar-refractivity contribution >= 4 is 34.5 Å². The van der Waals surface area contributed by atoms with Crippen LogP contribution < -0.4 is 0 Å². The molecule has 72 valence electrons. The molecule has 0 radical (unpaired) electrons. The number of alkyl halides is 1. The summed E-state index contributed by atoms with van der Waals surface area (Å²) >= 11 is 13.6. The summed E-state index contributed by atoms with van der Waals surface area (Å²) in [7, 11) is 0. The number of hydrogen-bond donors (Lipinski definition) is 0. The van der Waals surface area contributed by atoms with Crippen molar-refractivity contribution in [2.75, 3.05) is 0 Å². The quantitative estimate of drug-likeness (QED) is 0.724. The highest BCUT2D eigenvalue weighted by atomic mass is 35.5. The van der Waals surface area contributed by atoms with Crippen LogP contribution in [-0.2, 0) is 0 Å². The van der Waals surface area contributed by atoms with Crippen LogP contribution in [0, 0.1) is 0 Å². The lowest BCUT2D eigenvalue weighted by atomic mass is 10.1. The van der Waals surface area contributed by atoms with E-state index in [-0.39, 0.29) is 5.38 Å². The van der Waals surface area contributed by atoms with Gasteiger partial charge in [-0.3, -0.25) is 0 Å². The predicted molar refractivity (Wildman–Crippen MR) is 61.3 cm³/mol. The summed E-state index contributed by atoms with van der Waals surface area (Å²) in [5.41, 5.74) is 1.02. The van der Waals surface area contributed by atoms with Crippen LogP contribution in [0.25, 0.3) is 0 Å². The van der Waals surface area contributed by atoms with Gasteiger partial charge in [-0.1, -0.05) is 23.7 Å². The molecule has 0 saturated heterocycles. The molecular weight excluding hydrogens is 237 g/mol. The Bertz CT molecular complexity index is 397. The molecule has 0 aliphatic rings. The van der Waals surface area contributed by atoms with Crippen LogP contribution in [0.4, 0.5) is 0 Å². The lowest BCUT2D eigenvalue weighted by Gasteiger charge is -2.05. The van der Waals surface area contributed by atoms with Gasteiger partial charge in [0.25, 0.3) is 0 Å². The van der Waals surface area contributed by atoms with E-state index in [0.717, 1.165) is 15.6 Å². The molecule has 2 rings (SSSR count). The average molecular weight is 244 g/mol. The van der Waals surface area contributed by atoms with Gasteiger partial charge in [-0.25, -0.2) is 4.98 Å². The van der Waals surface area contributed by atoms with Crippen LogP contribution in [0.3, 0.4) is 0 Å². The first-order valence-corrected chi connectivity index (χ1v) is 5.75. The molecule has 4 heteroatoms. The molecule has 2 aromatic rings. The number of halogens is 2. The van der Waals surface area contributed by atoms with E-state index in [2.05, 4.69) is 4.98 Å². The average Bonchev–Trinajstić information content (AvgIpc) is 2.71. The lowest BCUT2D eigenvalue weighted by Crippen LogP contribution is -1.91. The molecular formula is C10H7Cl2NS. The Kier molecular flexibility index (Phi) is 3.06. The van der Waals surface area contributed by atoms with Crippen molar-refractivity contribution in [1.29, 1.82) is 0 Å². The molecule has 0 amide bonds. The Morgan fingerprint density at radius 2 is 1.93 bits per heavy atom. The normalized spacial score (nSPS) is 12.7. The molecule has 1 aromatic heterocycles. The van der Waals surface area contributed by atoms with E-state index in [4.69, 9.17) is 23.2 Å². The van der Waals surface area contributed by atoms with Gasteiger partial charge in [-0.05, 0) is 17.7 Å². The molecule has 1 heterocycles. The number of thiazole rings is 1. The minimum atomic E-state index is -0.174. The van der Waals surface area contributed by atoms with E-state index in [0.29, 0.717) is 0 Å². The summed E-state index contributed by atoms with van der Waals surface area (Å²) in [5, 5.41) is 3.37. The molecule has 0 bridgehead atoms. The van der Waals surface area contributed by atoms with Gasteiger partial charge < -0.3 is 0 Å². The van der Waals surface area contributed by atoms with Gasteiger partial charge in [0.15, 0.2) is 0 Å². The van der Waals surface area contributed by atoms with Gasteiger partial charge in [-0.15, -0.1) is 22.9 Å². The number of benzene rings is 1. The summed E-state index contributed by atoms with van der Waals surface area (Å²) in [6.07, 6.45) is 1.76. The van der Waals surface area contributed by atoms with E-state index in [1.165, 1.54) is 0 Å². The summed E-state index contributed by atoms with van der Waals surface area (Å²) < 4.78 is 0. The van der Waals surface area contributed by atoms with Crippen molar-refractivity contribution in [3.8, 4) is 0 Å². The van der Waals surface area contributed by atoms with Gasteiger partial charge in [0, 0.05) is 16.6 Å². The minimum Gasteiger partial charge on any atom is -0.248 e. The molecule has 14 heavy (non-hydrogen) atoms. The number of aromatic nitrogens is 1. The standard InChI is InChI=1S/C10H7Cl2NS/c11-8-3-1-7(2-4-8)9(12)10-13-5-6-14-10/h1-6,9H. The van der Waals surface area contributed by atoms with Crippen molar-refractivity contribution in [2.45, 2.75) is 5.38 Å². The molecule has 0 N–H and O–H groups in total. The number of nitrogens with zero attached hydrogens (tertiary/aromatic N) is 1. The highest BCUT2D eigenvalue weighted by Crippen LogP contribution is 2.30. The van der Waals surface area contributed by atoms with Gasteiger partial charge in [0.1, 0.15) is 10.4 Å². The van der Waals surface area contributed by atoms with E-state index in [1.807, 2.05) is 29.6 Å². The Morgan fingerprint density at radius 3 is 2.50 bits per heavy atom. The molecule has 1 nitrogen and oxygen atoms in total. The third-order valence-corrected chi connectivity index (χ3v) is 3.51. The maximum Gasteiger partial charge on any atom is 0.115 e. The van der Waals surface area contributed by atoms with Gasteiger partial charge in [0.2, 0.25) is 0 Å². The van der Waals surface area contributed by atoms with E-state index in [1.54, 1.807) is 17.5 Å². The largest absolute Gasteiger partial charge is 0.248 e. The smallest absolute Gasteiger partial charge is 0.115 e. The van der Waals surface area contributed by atoms with Crippen LogP contribution in [0.2, 0.25) is 5.02 Å². The lowest BCUT2D eigenvalue weighted by molar-refractivity contribution is 1.10. The molecule has 1 unspecified atom stereocenters. The van der Waals surface area contributed by atoms with E-state index in [9.17, 15) is 0 Å². The fraction of sp³-hybridized carbons (Fsp3) is 0.100. The van der Waals surface area contributed by atoms with Crippen molar-refractivity contribution in [2.24, 2.45) is 0 Å². The highest BCUT2D eigenvalue weighted by Gasteiger charge is 2.12. The summed E-state index contributed by atoms with van der Waals surface area (Å²) in [6, 6.07) is 7.50. The predicted octanol–water partition coefficient (Wildman–Crippen LogP) is 4.12. The van der Waals surface area contributed by atoms with Crippen LogP contribution in [0.1, 0.15) is 15.9 Å². The molecule has 0 spiro atoms. The fourth-order valence-corrected chi connectivity index (χ4v) is 2.25. The molecule has 0 saturated carbocycles. The van der Waals surface area contributed by atoms with Crippen LogP contribution in [-0.4, -0.2) is 4.98 Å². The Hall–Kier alpha value is -0.570.